The number of methoxy groups -OCH3 is 1. The minimum Gasteiger partial charge on any atom is -0.396 e. The summed E-state index contributed by atoms with van der Waals surface area (Å²) in [5.74, 6) is 9.68. The molecule has 0 fully saturated rings. The van der Waals surface area contributed by atoms with Gasteiger partial charge in [0.15, 0.2) is 0 Å². The molecule has 4 N–H and O–H groups in total. The van der Waals surface area contributed by atoms with Crippen molar-refractivity contribution in [2.45, 2.75) is 431 Å². The number of aliphatic hydroxyl groups excluding tert-OH is 4. The van der Waals surface area contributed by atoms with E-state index >= 15 is 0 Å². The Morgan fingerprint density at radius 1 is 0.198 bits per heavy atom. The van der Waals surface area contributed by atoms with Gasteiger partial charge in [0.1, 0.15) is 0 Å². The molecule has 3 unspecified atom stereocenters. The minimum atomic E-state index is 0.303. The van der Waals surface area contributed by atoms with Crippen molar-refractivity contribution >= 4 is 0 Å². The van der Waals surface area contributed by atoms with Crippen molar-refractivity contribution in [1.29, 1.82) is 0 Å². The molecule has 0 spiro atoms. The predicted octanol–water partition coefficient (Wildman–Crippen LogP) is 28.6. The molecule has 0 saturated carbocycles. The van der Waals surface area contributed by atoms with Crippen LogP contribution in [-0.4, -0.2) is 124 Å². The predicted molar refractivity (Wildman–Crippen MR) is 490 cm³/mol. The van der Waals surface area contributed by atoms with Crippen LogP contribution in [0.3, 0.4) is 0 Å². The molecule has 0 saturated heterocycles. The summed E-state index contributed by atoms with van der Waals surface area (Å²) >= 11 is 0. The standard InChI is InChI=1S/C21H42O2.4C20H40O2/c1-17(2)9-8-10-19(5)14-16-23-21(18(3)4)12-11-20(6)13-15-22-7;4*1-16(2)8-7-9-18(5)13-15-22-20(17(3)4)11-10-19(6)12-14-21/h9,18-21H,8,10-16H2,1-7H3;4*8,17-21H,7,9-15H2,1-6H3/t19-,20-,21-;2*18-,19-,20+;18-,19-,20-;/m0101./s1. The van der Waals surface area contributed by atoms with E-state index in [0.29, 0.717) is 110 Å². The van der Waals surface area contributed by atoms with E-state index < -0.39 is 0 Å². The maximum Gasteiger partial charge on any atom is 0.0598 e. The molecule has 0 aromatic rings. The average molecular weight is 1580 g/mol. The monoisotopic (exact) mass is 1580 g/mol. The van der Waals surface area contributed by atoms with Crippen LogP contribution in [0.2, 0.25) is 0 Å². The number of rotatable bonds is 66. The van der Waals surface area contributed by atoms with Crippen molar-refractivity contribution < 1.29 is 48.8 Å². The van der Waals surface area contributed by atoms with E-state index in [9.17, 15) is 0 Å². The van der Waals surface area contributed by atoms with Gasteiger partial charge in [-0.25, -0.2) is 0 Å². The van der Waals surface area contributed by atoms with E-state index in [1.807, 2.05) is 0 Å². The molecule has 10 heteroatoms. The Bertz CT molecular complexity index is 1860. The lowest BCUT2D eigenvalue weighted by Gasteiger charge is -2.24. The Morgan fingerprint density at radius 3 is 0.477 bits per heavy atom. The molecule has 0 rings (SSSR count). The molecule has 0 aromatic carbocycles. The summed E-state index contributed by atoms with van der Waals surface area (Å²) in [5, 5.41) is 35.9. The molecule has 0 aliphatic rings. The van der Waals surface area contributed by atoms with Gasteiger partial charge in [0, 0.05) is 73.2 Å². The summed E-state index contributed by atoms with van der Waals surface area (Å²) in [6.07, 6.45) is 47.9. The Hall–Kier alpha value is -1.70. The lowest BCUT2D eigenvalue weighted by Crippen LogP contribution is -2.22. The Morgan fingerprint density at radius 2 is 0.342 bits per heavy atom. The van der Waals surface area contributed by atoms with Crippen molar-refractivity contribution in [2.75, 3.05) is 73.2 Å². The molecule has 10 nitrogen and oxygen atoms in total. The van der Waals surface area contributed by atoms with Crippen molar-refractivity contribution in [3.8, 4) is 0 Å². The van der Waals surface area contributed by atoms with Gasteiger partial charge >= 0.3 is 0 Å². The Balaban J connectivity index is -0.000000422. The van der Waals surface area contributed by atoms with Crippen LogP contribution >= 0.6 is 0 Å². The van der Waals surface area contributed by atoms with Gasteiger partial charge in [0.2, 0.25) is 0 Å². The summed E-state index contributed by atoms with van der Waals surface area (Å²) in [7, 11) is 1.78. The van der Waals surface area contributed by atoms with Crippen molar-refractivity contribution in [3.63, 3.8) is 0 Å². The number of ether oxygens (including phenoxy) is 6. The second kappa shape index (κ2) is 80.7. The summed E-state index contributed by atoms with van der Waals surface area (Å²) in [5.41, 5.74) is 7.09. The van der Waals surface area contributed by atoms with Gasteiger partial charge in [-0.3, -0.25) is 0 Å². The quantitative estimate of drug-likeness (QED) is 0.0436. The van der Waals surface area contributed by atoms with Crippen molar-refractivity contribution in [2.24, 2.45) is 88.8 Å². The molecular formula is C101H202O10. The third kappa shape index (κ3) is 86.0. The number of aliphatic hydroxyl groups is 4. The highest BCUT2D eigenvalue weighted by atomic mass is 16.5. The molecule has 15 atom stereocenters. The smallest absolute Gasteiger partial charge is 0.0598 e. The summed E-state index contributed by atoms with van der Waals surface area (Å²) in [6, 6.07) is 0. The van der Waals surface area contributed by atoms with Gasteiger partial charge in [0.05, 0.1) is 30.5 Å². The number of allylic oxidation sites excluding steroid dienone is 10. The molecule has 0 heterocycles. The fourth-order valence-electron chi connectivity index (χ4n) is 13.3. The normalized spacial score (nSPS) is 15.6. The fraction of sp³-hybridized carbons (Fsp3) is 0.901. The lowest BCUT2D eigenvalue weighted by atomic mass is 9.95. The molecular weight excluding hydrogens is 1370 g/mol. The van der Waals surface area contributed by atoms with Crippen molar-refractivity contribution in [3.05, 3.63) is 58.2 Å². The van der Waals surface area contributed by atoms with Gasteiger partial charge in [-0.05, 0) is 351 Å². The van der Waals surface area contributed by atoms with E-state index in [2.05, 4.69) is 238 Å². The van der Waals surface area contributed by atoms with E-state index in [4.69, 9.17) is 48.8 Å². The second-order valence-electron chi connectivity index (χ2n) is 38.3. The first-order valence-electron chi connectivity index (χ1n) is 46.5. The van der Waals surface area contributed by atoms with Crippen LogP contribution in [-0.2, 0) is 28.4 Å². The second-order valence-corrected chi connectivity index (χ2v) is 38.3. The van der Waals surface area contributed by atoms with Gasteiger partial charge in [-0.15, -0.1) is 0 Å². The van der Waals surface area contributed by atoms with Gasteiger partial charge in [-0.1, -0.05) is 197 Å². The highest BCUT2D eigenvalue weighted by Crippen LogP contribution is 2.27. The molecule has 0 bridgehead atoms. The van der Waals surface area contributed by atoms with Gasteiger partial charge in [0.25, 0.3) is 0 Å². The molecule has 0 amide bonds. The molecule has 0 aliphatic carbocycles. The maximum atomic E-state index is 8.98. The fourth-order valence-corrected chi connectivity index (χ4v) is 13.3. The van der Waals surface area contributed by atoms with Crippen LogP contribution in [0.4, 0.5) is 0 Å². The molecule has 0 aromatic heterocycles. The zero-order valence-corrected chi connectivity index (χ0v) is 80.5. The summed E-state index contributed by atoms with van der Waals surface area (Å²) in [6.45, 7) is 73.6. The molecule has 0 radical (unpaired) electrons. The third-order valence-electron chi connectivity index (χ3n) is 22.5. The van der Waals surface area contributed by atoms with Crippen LogP contribution < -0.4 is 0 Å². The van der Waals surface area contributed by atoms with Gasteiger partial charge < -0.3 is 48.8 Å². The minimum absolute atomic E-state index is 0.303. The van der Waals surface area contributed by atoms with E-state index in [1.165, 1.54) is 111 Å². The van der Waals surface area contributed by atoms with Gasteiger partial charge in [-0.2, -0.15) is 0 Å². The third-order valence-corrected chi connectivity index (χ3v) is 22.5. The topological polar surface area (TPSA) is 136 Å². The first kappa shape index (κ1) is 118. The molecule has 111 heavy (non-hydrogen) atoms. The summed E-state index contributed by atoms with van der Waals surface area (Å²) < 4.78 is 36.0. The zero-order chi connectivity index (χ0) is 85.5. The van der Waals surface area contributed by atoms with E-state index in [0.717, 1.165) is 184 Å². The maximum absolute atomic E-state index is 8.98. The SMILES string of the molecule is CC(C)=CCCC(C)CCOC(CCC(C)CCO)C(C)C.CC(C)=CCC[C@@H](C)CCO[C@@H](CC[C@@H](C)CCO)C(C)C.CC(C)=CCC[C@@H](C)CCO[C@H](CC[C@@H](C)CCO)C(C)C.CC(C)=CCC[C@H](C)CCO[C@H](CC[C@H](C)CCO)C(C)C.COCC[C@@H](C)CC[C@H](OCC[C@@H](C)CCC=C(C)C)C(C)C. The highest BCUT2D eigenvalue weighted by Gasteiger charge is 2.22. The average Bonchev–Trinajstić information content (AvgIpc) is 0.970. The first-order valence-corrected chi connectivity index (χ1v) is 46.5. The summed E-state index contributed by atoms with van der Waals surface area (Å²) in [4.78, 5) is 0. The molecule has 0 aliphatic heterocycles. The van der Waals surface area contributed by atoms with Crippen LogP contribution in [0.1, 0.15) is 400 Å². The lowest BCUT2D eigenvalue weighted by molar-refractivity contribution is 0.00636. The van der Waals surface area contributed by atoms with Crippen LogP contribution in [0.15, 0.2) is 58.2 Å². The number of hydrogen-bond donors (Lipinski definition) is 4. The zero-order valence-electron chi connectivity index (χ0n) is 80.5. The Labute approximate surface area is 696 Å². The van der Waals surface area contributed by atoms with Crippen LogP contribution in [0.25, 0.3) is 0 Å². The largest absolute Gasteiger partial charge is 0.396 e. The number of hydrogen-bond acceptors (Lipinski definition) is 10. The first-order chi connectivity index (χ1) is 52.3. The van der Waals surface area contributed by atoms with Crippen LogP contribution in [0, 0.1) is 88.8 Å². The highest BCUT2D eigenvalue weighted by molar-refractivity contribution is 4.95. The Kier molecular flexibility index (Phi) is 85.7. The van der Waals surface area contributed by atoms with Crippen molar-refractivity contribution in [1.82, 2.24) is 0 Å². The molecule has 666 valence electrons. The van der Waals surface area contributed by atoms with Crippen LogP contribution in [0.5, 0.6) is 0 Å². The van der Waals surface area contributed by atoms with E-state index in [1.54, 1.807) is 7.11 Å². The van der Waals surface area contributed by atoms with E-state index in [-0.39, 0.29) is 0 Å².